The van der Waals surface area contributed by atoms with Crippen LogP contribution in [-0.2, 0) is 6.54 Å². The summed E-state index contributed by atoms with van der Waals surface area (Å²) in [7, 11) is 0. The highest BCUT2D eigenvalue weighted by molar-refractivity contribution is 5.95. The first-order chi connectivity index (χ1) is 10.2. The number of hydrogen-bond donors (Lipinski definition) is 0. The van der Waals surface area contributed by atoms with Gasteiger partial charge in [-0.2, -0.15) is 0 Å². The molecule has 0 aliphatic heterocycles. The number of nitrogens with zero attached hydrogens (tertiary/aromatic N) is 2. The van der Waals surface area contributed by atoms with E-state index >= 15 is 0 Å². The van der Waals surface area contributed by atoms with Gasteiger partial charge in [-0.1, -0.05) is 37.3 Å². The highest BCUT2D eigenvalue weighted by atomic mass is 16.1. The first-order valence-electron chi connectivity index (χ1n) is 7.21. The van der Waals surface area contributed by atoms with E-state index in [-0.39, 0.29) is 5.78 Å². The summed E-state index contributed by atoms with van der Waals surface area (Å²) < 4.78 is 2.13. The average Bonchev–Trinajstić information content (AvgIpc) is 2.89. The van der Waals surface area contributed by atoms with Crippen LogP contribution in [0.2, 0.25) is 0 Å². The van der Waals surface area contributed by atoms with Gasteiger partial charge in [-0.3, -0.25) is 4.79 Å². The third-order valence-electron chi connectivity index (χ3n) is 3.73. The third kappa shape index (κ3) is 2.72. The smallest absolute Gasteiger partial charge is 0.162 e. The van der Waals surface area contributed by atoms with E-state index in [2.05, 4.69) is 34.7 Å². The first kappa shape index (κ1) is 13.6. The second-order valence-electron chi connectivity index (χ2n) is 5.34. The van der Waals surface area contributed by atoms with Crippen molar-refractivity contribution < 1.29 is 4.79 Å². The molecule has 21 heavy (non-hydrogen) atoms. The fraction of sp³-hybridized carbons (Fsp3) is 0.222. The Kier molecular flexibility index (Phi) is 3.57. The zero-order valence-electron chi connectivity index (χ0n) is 12.3. The molecule has 3 rings (SSSR count). The van der Waals surface area contributed by atoms with Gasteiger partial charge < -0.3 is 4.57 Å². The Bertz CT molecular complexity index is 785. The quantitative estimate of drug-likeness (QED) is 0.676. The minimum absolute atomic E-state index is 0.185. The van der Waals surface area contributed by atoms with Crippen molar-refractivity contribution in [1.82, 2.24) is 9.55 Å². The summed E-state index contributed by atoms with van der Waals surface area (Å²) >= 11 is 0. The Balaban J connectivity index is 1.86. The summed E-state index contributed by atoms with van der Waals surface area (Å²) in [5, 5.41) is 0. The Morgan fingerprint density at radius 3 is 2.62 bits per heavy atom. The van der Waals surface area contributed by atoms with Gasteiger partial charge >= 0.3 is 0 Å². The van der Waals surface area contributed by atoms with E-state index in [0.29, 0.717) is 6.42 Å². The van der Waals surface area contributed by atoms with Gasteiger partial charge in [-0.25, -0.2) is 4.98 Å². The maximum Gasteiger partial charge on any atom is 0.162 e. The number of carbonyl (C=O) groups is 1. The van der Waals surface area contributed by atoms with Gasteiger partial charge in [-0.05, 0) is 30.2 Å². The summed E-state index contributed by atoms with van der Waals surface area (Å²) in [6, 6.07) is 14.1. The van der Waals surface area contributed by atoms with Crippen molar-refractivity contribution in [2.45, 2.75) is 26.8 Å². The van der Waals surface area contributed by atoms with Crippen LogP contribution in [-0.4, -0.2) is 15.3 Å². The van der Waals surface area contributed by atoms with Gasteiger partial charge in [0.05, 0.1) is 17.4 Å². The molecule has 0 radical (unpaired) electrons. The molecule has 0 saturated heterocycles. The first-order valence-corrected chi connectivity index (χ1v) is 7.21. The van der Waals surface area contributed by atoms with Crippen molar-refractivity contribution >= 4 is 16.8 Å². The normalized spacial score (nSPS) is 11.0. The molecule has 3 nitrogen and oxygen atoms in total. The number of rotatable bonds is 4. The predicted octanol–water partition coefficient (Wildman–Crippen LogP) is 3.99. The van der Waals surface area contributed by atoms with Crippen LogP contribution in [0.3, 0.4) is 0 Å². The zero-order chi connectivity index (χ0) is 14.8. The van der Waals surface area contributed by atoms with E-state index in [9.17, 15) is 4.79 Å². The molecule has 0 bridgehead atoms. The number of imidazole rings is 1. The van der Waals surface area contributed by atoms with Gasteiger partial charge in [0.25, 0.3) is 0 Å². The third-order valence-corrected chi connectivity index (χ3v) is 3.73. The van der Waals surface area contributed by atoms with Gasteiger partial charge in [0.15, 0.2) is 5.78 Å². The molecule has 0 unspecified atom stereocenters. The maximum absolute atomic E-state index is 11.6. The predicted molar refractivity (Wildman–Crippen MR) is 84.6 cm³/mol. The van der Waals surface area contributed by atoms with Crippen molar-refractivity contribution in [3.8, 4) is 0 Å². The standard InChI is InChI=1S/C18H18N2O/c1-3-18(21)15-7-5-14(6-8-15)11-20-12-19-16-10-13(2)4-9-17(16)20/h4-10,12H,3,11H2,1-2H3. The molecule has 0 fully saturated rings. The van der Waals surface area contributed by atoms with Crippen LogP contribution >= 0.6 is 0 Å². The summed E-state index contributed by atoms with van der Waals surface area (Å²) in [4.78, 5) is 16.1. The van der Waals surface area contributed by atoms with Crippen molar-refractivity contribution in [2.75, 3.05) is 0 Å². The summed E-state index contributed by atoms with van der Waals surface area (Å²) in [6.45, 7) is 4.72. The molecule has 3 aromatic rings. The molecule has 1 heterocycles. The SMILES string of the molecule is CCC(=O)c1ccc(Cn2cnc3cc(C)ccc32)cc1. The largest absolute Gasteiger partial charge is 0.326 e. The van der Waals surface area contributed by atoms with Crippen molar-refractivity contribution in [3.63, 3.8) is 0 Å². The lowest BCUT2D eigenvalue weighted by molar-refractivity contribution is 0.0988. The lowest BCUT2D eigenvalue weighted by atomic mass is 10.1. The summed E-state index contributed by atoms with van der Waals surface area (Å²) in [5.74, 6) is 0.185. The van der Waals surface area contributed by atoms with Crippen LogP contribution in [0.25, 0.3) is 11.0 Å². The van der Waals surface area contributed by atoms with E-state index in [1.54, 1.807) is 0 Å². The van der Waals surface area contributed by atoms with E-state index in [0.717, 1.165) is 23.1 Å². The van der Waals surface area contributed by atoms with Crippen molar-refractivity contribution in [2.24, 2.45) is 0 Å². The molecule has 0 amide bonds. The summed E-state index contributed by atoms with van der Waals surface area (Å²) in [5.41, 5.74) is 5.33. The van der Waals surface area contributed by atoms with Crippen molar-refractivity contribution in [1.29, 1.82) is 0 Å². The number of Topliss-reactive ketones (excluding diaryl/α,β-unsaturated/α-hetero) is 1. The second-order valence-corrected chi connectivity index (χ2v) is 5.34. The molecular weight excluding hydrogens is 260 g/mol. The van der Waals surface area contributed by atoms with E-state index in [1.807, 2.05) is 37.5 Å². The number of benzene rings is 2. The van der Waals surface area contributed by atoms with Gasteiger partial charge in [-0.15, -0.1) is 0 Å². The molecule has 2 aromatic carbocycles. The molecule has 0 saturated carbocycles. The number of aryl methyl sites for hydroxylation is 1. The number of ketones is 1. The molecule has 1 aromatic heterocycles. The molecule has 0 atom stereocenters. The van der Waals surface area contributed by atoms with E-state index in [4.69, 9.17) is 0 Å². The molecule has 106 valence electrons. The molecule has 0 N–H and O–H groups in total. The van der Waals surface area contributed by atoms with Crippen LogP contribution < -0.4 is 0 Å². The number of fused-ring (bicyclic) bond motifs is 1. The Morgan fingerprint density at radius 1 is 1.14 bits per heavy atom. The fourth-order valence-electron chi connectivity index (χ4n) is 2.50. The molecule has 0 aliphatic carbocycles. The maximum atomic E-state index is 11.6. The number of hydrogen-bond acceptors (Lipinski definition) is 2. The monoisotopic (exact) mass is 278 g/mol. The van der Waals surface area contributed by atoms with E-state index < -0.39 is 0 Å². The lowest BCUT2D eigenvalue weighted by Crippen LogP contribution is -2.00. The molecule has 3 heteroatoms. The molecule has 0 spiro atoms. The highest BCUT2D eigenvalue weighted by Crippen LogP contribution is 2.16. The Morgan fingerprint density at radius 2 is 1.90 bits per heavy atom. The van der Waals surface area contributed by atoms with Crippen LogP contribution in [0, 0.1) is 6.92 Å². The van der Waals surface area contributed by atoms with Crippen molar-refractivity contribution in [3.05, 3.63) is 65.5 Å². The highest BCUT2D eigenvalue weighted by Gasteiger charge is 2.05. The summed E-state index contributed by atoms with van der Waals surface area (Å²) in [6.07, 6.45) is 2.42. The van der Waals surface area contributed by atoms with Crippen LogP contribution in [0.15, 0.2) is 48.8 Å². The van der Waals surface area contributed by atoms with Gasteiger partial charge in [0.2, 0.25) is 0 Å². The number of carbonyl (C=O) groups excluding carboxylic acids is 1. The number of aromatic nitrogens is 2. The Labute approximate surface area is 124 Å². The average molecular weight is 278 g/mol. The van der Waals surface area contributed by atoms with Crippen LogP contribution in [0.1, 0.15) is 34.8 Å². The minimum Gasteiger partial charge on any atom is -0.326 e. The van der Waals surface area contributed by atoms with E-state index in [1.165, 1.54) is 11.1 Å². The van der Waals surface area contributed by atoms with Gasteiger partial charge in [0, 0.05) is 18.5 Å². The molecular formula is C18H18N2O. The minimum atomic E-state index is 0.185. The lowest BCUT2D eigenvalue weighted by Gasteiger charge is -2.06. The fourth-order valence-corrected chi connectivity index (χ4v) is 2.50. The topological polar surface area (TPSA) is 34.9 Å². The molecule has 0 aliphatic rings. The zero-order valence-corrected chi connectivity index (χ0v) is 12.3. The van der Waals surface area contributed by atoms with Crippen LogP contribution in [0.5, 0.6) is 0 Å². The second kappa shape index (κ2) is 5.52. The Hall–Kier alpha value is -2.42. The van der Waals surface area contributed by atoms with Gasteiger partial charge in [0.1, 0.15) is 0 Å². The van der Waals surface area contributed by atoms with Crippen LogP contribution in [0.4, 0.5) is 0 Å².